The van der Waals surface area contributed by atoms with Crippen molar-refractivity contribution < 1.29 is 27.4 Å². The van der Waals surface area contributed by atoms with Crippen molar-refractivity contribution in [2.75, 3.05) is 13.2 Å². The van der Waals surface area contributed by atoms with Gasteiger partial charge in [-0.05, 0) is 35.8 Å². The van der Waals surface area contributed by atoms with Crippen molar-refractivity contribution in [2.45, 2.75) is 31.4 Å². The van der Waals surface area contributed by atoms with Gasteiger partial charge in [0.1, 0.15) is 5.75 Å². The van der Waals surface area contributed by atoms with E-state index < -0.39 is 12.1 Å². The zero-order valence-corrected chi connectivity index (χ0v) is 12.3. The van der Waals surface area contributed by atoms with Gasteiger partial charge in [-0.2, -0.15) is 0 Å². The van der Waals surface area contributed by atoms with Crippen LogP contribution < -0.4 is 4.74 Å². The maximum atomic E-state index is 12.3. The van der Waals surface area contributed by atoms with E-state index in [9.17, 15) is 13.2 Å². The molecule has 0 amide bonds. The summed E-state index contributed by atoms with van der Waals surface area (Å²) in [6, 6.07) is 3.93. The third kappa shape index (κ3) is 3.39. The van der Waals surface area contributed by atoms with Crippen LogP contribution in [0.15, 0.2) is 24.3 Å². The Kier molecular flexibility index (Phi) is 4.09. The lowest BCUT2D eigenvalue weighted by Crippen LogP contribution is -2.31. The lowest BCUT2D eigenvalue weighted by atomic mass is 9.90. The fraction of sp³-hybridized carbons (Fsp3) is 0.467. The van der Waals surface area contributed by atoms with Crippen molar-refractivity contribution >= 4 is 17.2 Å². The van der Waals surface area contributed by atoms with Gasteiger partial charge >= 0.3 is 6.36 Å². The molecule has 0 aromatic heterocycles. The summed E-state index contributed by atoms with van der Waals surface area (Å²) in [4.78, 5) is 0. The van der Waals surface area contributed by atoms with E-state index >= 15 is 0 Å². The molecule has 3 rings (SSSR count). The van der Waals surface area contributed by atoms with Crippen molar-refractivity contribution in [2.24, 2.45) is 0 Å². The molecule has 120 valence electrons. The van der Waals surface area contributed by atoms with Crippen LogP contribution in [0.25, 0.3) is 5.57 Å². The molecule has 1 saturated heterocycles. The molecule has 1 spiro atoms. The van der Waals surface area contributed by atoms with Crippen molar-refractivity contribution in [3.8, 4) is 5.75 Å². The Morgan fingerprint density at radius 1 is 1.18 bits per heavy atom. The second-order valence-corrected chi connectivity index (χ2v) is 5.64. The highest BCUT2D eigenvalue weighted by atomic mass is 35.5. The van der Waals surface area contributed by atoms with E-state index in [-0.39, 0.29) is 5.75 Å². The second-order valence-electron chi connectivity index (χ2n) is 5.23. The highest BCUT2D eigenvalue weighted by Gasteiger charge is 2.38. The smallest absolute Gasteiger partial charge is 0.406 e. The predicted octanol–water partition coefficient (Wildman–Crippen LogP) is 4.55. The van der Waals surface area contributed by atoms with Crippen LogP contribution in [0, 0.1) is 0 Å². The topological polar surface area (TPSA) is 27.7 Å². The number of alkyl halides is 3. The highest BCUT2D eigenvalue weighted by Crippen LogP contribution is 2.41. The van der Waals surface area contributed by atoms with Gasteiger partial charge in [-0.25, -0.2) is 0 Å². The van der Waals surface area contributed by atoms with Gasteiger partial charge in [-0.3, -0.25) is 0 Å². The molecule has 0 unspecified atom stereocenters. The third-order valence-electron chi connectivity index (χ3n) is 3.77. The SMILES string of the molecule is FC(F)(F)Oc1ccc(Cl)c(C2=CCC3(CC2)OCCO3)c1. The monoisotopic (exact) mass is 334 g/mol. The first-order valence-corrected chi connectivity index (χ1v) is 7.27. The average Bonchev–Trinajstić information content (AvgIpc) is 2.89. The molecule has 0 atom stereocenters. The molecular formula is C15H14ClF3O3. The Bertz CT molecular complexity index is 592. The van der Waals surface area contributed by atoms with E-state index in [1.807, 2.05) is 6.08 Å². The molecule has 0 radical (unpaired) electrons. The fourth-order valence-electron chi connectivity index (χ4n) is 2.76. The number of rotatable bonds is 2. The van der Waals surface area contributed by atoms with Crippen LogP contribution >= 0.6 is 11.6 Å². The molecule has 2 aliphatic rings. The van der Waals surface area contributed by atoms with Crippen LogP contribution in [0.5, 0.6) is 5.75 Å². The van der Waals surface area contributed by atoms with Crippen LogP contribution in [0.4, 0.5) is 13.2 Å². The molecule has 1 aromatic carbocycles. The number of hydrogen-bond acceptors (Lipinski definition) is 3. The molecule has 3 nitrogen and oxygen atoms in total. The molecule has 7 heteroatoms. The minimum atomic E-state index is -4.72. The molecule has 0 N–H and O–H groups in total. The summed E-state index contributed by atoms with van der Waals surface area (Å²) in [5.41, 5.74) is 1.43. The van der Waals surface area contributed by atoms with Crippen LogP contribution in [0.2, 0.25) is 5.02 Å². The largest absolute Gasteiger partial charge is 0.573 e. The summed E-state index contributed by atoms with van der Waals surface area (Å²) >= 11 is 6.11. The normalized spacial score (nSPS) is 21.0. The molecule has 1 heterocycles. The summed E-state index contributed by atoms with van der Waals surface area (Å²) in [6.07, 6.45) is -0.979. The molecule has 1 aromatic rings. The summed E-state index contributed by atoms with van der Waals surface area (Å²) in [5.74, 6) is -0.850. The van der Waals surface area contributed by atoms with Gasteiger partial charge in [-0.1, -0.05) is 17.7 Å². The zero-order valence-electron chi connectivity index (χ0n) is 11.6. The summed E-state index contributed by atoms with van der Waals surface area (Å²) in [5, 5.41) is 0.394. The number of hydrogen-bond donors (Lipinski definition) is 0. The fourth-order valence-corrected chi connectivity index (χ4v) is 3.00. The van der Waals surface area contributed by atoms with Crippen LogP contribution in [-0.4, -0.2) is 25.4 Å². The van der Waals surface area contributed by atoms with E-state index in [1.165, 1.54) is 18.2 Å². The Labute approximate surface area is 130 Å². The van der Waals surface area contributed by atoms with Gasteiger partial charge in [0.05, 0.1) is 13.2 Å². The minimum absolute atomic E-state index is 0.276. The van der Waals surface area contributed by atoms with Gasteiger partial charge in [0.2, 0.25) is 0 Å². The summed E-state index contributed by atoms with van der Waals surface area (Å²) in [6.45, 7) is 1.14. The number of allylic oxidation sites excluding steroid dienone is 1. The molecule has 1 aliphatic carbocycles. The first-order chi connectivity index (χ1) is 10.4. The minimum Gasteiger partial charge on any atom is -0.406 e. The van der Waals surface area contributed by atoms with Crippen LogP contribution in [-0.2, 0) is 9.47 Å². The average molecular weight is 335 g/mol. The first kappa shape index (κ1) is 15.6. The third-order valence-corrected chi connectivity index (χ3v) is 4.10. The van der Waals surface area contributed by atoms with Gasteiger partial charge in [-0.15, -0.1) is 13.2 Å². The quantitative estimate of drug-likeness (QED) is 0.794. The standard InChI is InChI=1S/C15H14ClF3O3/c16-13-2-1-11(22-15(17,18)19)9-12(13)10-3-5-14(6-4-10)20-7-8-21-14/h1-3,9H,4-8H2. The Morgan fingerprint density at radius 2 is 1.91 bits per heavy atom. The van der Waals surface area contributed by atoms with Gasteiger partial charge < -0.3 is 14.2 Å². The van der Waals surface area contributed by atoms with Crippen LogP contribution in [0.1, 0.15) is 24.8 Å². The number of halogens is 4. The Balaban J connectivity index is 1.82. The molecule has 0 bridgehead atoms. The maximum Gasteiger partial charge on any atom is 0.573 e. The predicted molar refractivity (Wildman–Crippen MR) is 74.6 cm³/mol. The van der Waals surface area contributed by atoms with Gasteiger partial charge in [0.15, 0.2) is 5.79 Å². The Morgan fingerprint density at radius 3 is 2.50 bits per heavy atom. The van der Waals surface area contributed by atoms with Gasteiger partial charge in [0.25, 0.3) is 0 Å². The van der Waals surface area contributed by atoms with E-state index in [0.29, 0.717) is 43.1 Å². The summed E-state index contributed by atoms with van der Waals surface area (Å²) < 4.78 is 52.1. The van der Waals surface area contributed by atoms with E-state index in [2.05, 4.69) is 4.74 Å². The van der Waals surface area contributed by atoms with Crippen molar-refractivity contribution in [1.82, 2.24) is 0 Å². The van der Waals surface area contributed by atoms with Crippen LogP contribution in [0.3, 0.4) is 0 Å². The molecular weight excluding hydrogens is 321 g/mol. The molecule has 0 saturated carbocycles. The summed E-state index contributed by atoms with van der Waals surface area (Å²) in [7, 11) is 0. The maximum absolute atomic E-state index is 12.3. The number of ether oxygens (including phenoxy) is 3. The second kappa shape index (κ2) is 5.76. The molecule has 22 heavy (non-hydrogen) atoms. The number of benzene rings is 1. The molecule has 1 aliphatic heterocycles. The highest BCUT2D eigenvalue weighted by molar-refractivity contribution is 6.32. The van der Waals surface area contributed by atoms with E-state index in [1.54, 1.807) is 0 Å². The first-order valence-electron chi connectivity index (χ1n) is 6.90. The zero-order chi connectivity index (χ0) is 15.8. The van der Waals surface area contributed by atoms with Crippen molar-refractivity contribution in [3.05, 3.63) is 34.9 Å². The lowest BCUT2D eigenvalue weighted by molar-refractivity contribution is -0.274. The van der Waals surface area contributed by atoms with E-state index in [0.717, 1.165) is 5.57 Å². The Hall–Kier alpha value is -1.24. The lowest BCUT2D eigenvalue weighted by Gasteiger charge is -2.31. The van der Waals surface area contributed by atoms with Crippen molar-refractivity contribution in [1.29, 1.82) is 0 Å². The molecule has 1 fully saturated rings. The van der Waals surface area contributed by atoms with E-state index in [4.69, 9.17) is 21.1 Å². The van der Waals surface area contributed by atoms with Gasteiger partial charge in [0, 0.05) is 17.9 Å². The van der Waals surface area contributed by atoms with Crippen molar-refractivity contribution in [3.63, 3.8) is 0 Å².